The largest absolute Gasteiger partial charge is 0.293 e. The molecule has 16 heavy (non-hydrogen) atoms. The molecule has 0 saturated carbocycles. The molecule has 1 aromatic rings. The Morgan fingerprint density at radius 3 is 2.81 bits per heavy atom. The molecule has 0 spiro atoms. The Bertz CT molecular complexity index is 385. The molecule has 0 amide bonds. The standard InChI is InChI=1S/C15H21N/c1-11-9-12(2)16-8-7-13-5-3-4-6-14(13)15(16)10-11/h3-6,11-12,15H,7-10H2,1-2H3. The molecule has 2 aliphatic heterocycles. The van der Waals surface area contributed by atoms with Gasteiger partial charge < -0.3 is 0 Å². The zero-order valence-corrected chi connectivity index (χ0v) is 10.3. The van der Waals surface area contributed by atoms with Gasteiger partial charge in [-0.15, -0.1) is 0 Å². The van der Waals surface area contributed by atoms with E-state index in [4.69, 9.17) is 0 Å². The molecule has 1 nitrogen and oxygen atoms in total. The first-order valence-corrected chi connectivity index (χ1v) is 6.59. The lowest BCUT2D eigenvalue weighted by molar-refractivity contribution is 0.0577. The van der Waals surface area contributed by atoms with E-state index in [9.17, 15) is 0 Å². The highest BCUT2D eigenvalue weighted by atomic mass is 15.2. The topological polar surface area (TPSA) is 3.24 Å². The van der Waals surface area contributed by atoms with Crippen molar-refractivity contribution < 1.29 is 0 Å². The van der Waals surface area contributed by atoms with Gasteiger partial charge in [-0.2, -0.15) is 0 Å². The van der Waals surface area contributed by atoms with Crippen LogP contribution in [-0.4, -0.2) is 17.5 Å². The van der Waals surface area contributed by atoms with Gasteiger partial charge in [-0.05, 0) is 43.2 Å². The van der Waals surface area contributed by atoms with Crippen LogP contribution in [0.4, 0.5) is 0 Å². The normalized spacial score (nSPS) is 34.2. The van der Waals surface area contributed by atoms with Gasteiger partial charge in [0.25, 0.3) is 0 Å². The first-order valence-electron chi connectivity index (χ1n) is 6.59. The molecule has 1 aromatic carbocycles. The molecule has 1 saturated heterocycles. The summed E-state index contributed by atoms with van der Waals surface area (Å²) in [6.07, 6.45) is 3.96. The van der Waals surface area contributed by atoms with E-state index in [1.54, 1.807) is 11.1 Å². The Morgan fingerprint density at radius 2 is 1.94 bits per heavy atom. The predicted octanol–water partition coefficient (Wildman–Crippen LogP) is 3.40. The molecule has 3 atom stereocenters. The van der Waals surface area contributed by atoms with Crippen molar-refractivity contribution in [2.75, 3.05) is 6.54 Å². The third kappa shape index (κ3) is 1.58. The molecule has 86 valence electrons. The van der Waals surface area contributed by atoms with Crippen LogP contribution in [0.5, 0.6) is 0 Å². The Balaban J connectivity index is 1.98. The van der Waals surface area contributed by atoms with E-state index < -0.39 is 0 Å². The second-order valence-electron chi connectivity index (χ2n) is 5.63. The number of hydrogen-bond acceptors (Lipinski definition) is 1. The highest BCUT2D eigenvalue weighted by Crippen LogP contribution is 2.41. The van der Waals surface area contributed by atoms with E-state index in [0.717, 1.165) is 12.0 Å². The Morgan fingerprint density at radius 1 is 1.12 bits per heavy atom. The van der Waals surface area contributed by atoms with Crippen molar-refractivity contribution >= 4 is 0 Å². The third-order valence-electron chi connectivity index (χ3n) is 4.39. The zero-order valence-electron chi connectivity index (χ0n) is 10.3. The van der Waals surface area contributed by atoms with Gasteiger partial charge in [-0.3, -0.25) is 4.90 Å². The summed E-state index contributed by atoms with van der Waals surface area (Å²) in [5.74, 6) is 0.877. The minimum Gasteiger partial charge on any atom is -0.293 e. The summed E-state index contributed by atoms with van der Waals surface area (Å²) < 4.78 is 0. The molecule has 3 unspecified atom stereocenters. The summed E-state index contributed by atoms with van der Waals surface area (Å²) in [5.41, 5.74) is 3.19. The minimum atomic E-state index is 0.698. The van der Waals surface area contributed by atoms with Crippen molar-refractivity contribution in [3.63, 3.8) is 0 Å². The van der Waals surface area contributed by atoms with E-state index in [1.807, 2.05) is 0 Å². The number of hydrogen-bond donors (Lipinski definition) is 0. The number of piperidine rings is 1. The molecule has 2 aliphatic rings. The van der Waals surface area contributed by atoms with Crippen LogP contribution in [0.25, 0.3) is 0 Å². The van der Waals surface area contributed by atoms with Crippen LogP contribution in [0.3, 0.4) is 0 Å². The van der Waals surface area contributed by atoms with E-state index in [1.165, 1.54) is 25.8 Å². The Kier molecular flexibility index (Phi) is 2.51. The number of benzene rings is 1. The van der Waals surface area contributed by atoms with E-state index in [-0.39, 0.29) is 0 Å². The monoisotopic (exact) mass is 215 g/mol. The molecule has 1 heteroatoms. The maximum Gasteiger partial charge on any atom is 0.0356 e. The van der Waals surface area contributed by atoms with Crippen LogP contribution in [0.2, 0.25) is 0 Å². The number of rotatable bonds is 0. The molecule has 1 fully saturated rings. The Labute approximate surface area is 98.5 Å². The van der Waals surface area contributed by atoms with Gasteiger partial charge in [-0.1, -0.05) is 31.2 Å². The fraction of sp³-hybridized carbons (Fsp3) is 0.600. The first kappa shape index (κ1) is 10.3. The molecule has 0 bridgehead atoms. The van der Waals surface area contributed by atoms with Crippen LogP contribution >= 0.6 is 0 Å². The van der Waals surface area contributed by atoms with Gasteiger partial charge in [0, 0.05) is 18.6 Å². The van der Waals surface area contributed by atoms with Gasteiger partial charge in [0.15, 0.2) is 0 Å². The smallest absolute Gasteiger partial charge is 0.0356 e. The average Bonchev–Trinajstić information content (AvgIpc) is 2.28. The minimum absolute atomic E-state index is 0.698. The summed E-state index contributed by atoms with van der Waals surface area (Å²) in [6, 6.07) is 10.5. The van der Waals surface area contributed by atoms with Crippen LogP contribution in [0.1, 0.15) is 43.9 Å². The molecule has 0 radical (unpaired) electrons. The maximum atomic E-state index is 2.72. The zero-order chi connectivity index (χ0) is 11.1. The van der Waals surface area contributed by atoms with Gasteiger partial charge >= 0.3 is 0 Å². The van der Waals surface area contributed by atoms with Crippen LogP contribution in [0.15, 0.2) is 24.3 Å². The van der Waals surface area contributed by atoms with Crippen molar-refractivity contribution in [1.82, 2.24) is 4.90 Å². The first-order chi connectivity index (χ1) is 7.75. The fourth-order valence-corrected chi connectivity index (χ4v) is 3.66. The number of nitrogens with zero attached hydrogens (tertiary/aromatic N) is 1. The Hall–Kier alpha value is -0.820. The second kappa shape index (κ2) is 3.89. The van der Waals surface area contributed by atoms with Gasteiger partial charge in [-0.25, -0.2) is 0 Å². The van der Waals surface area contributed by atoms with Gasteiger partial charge in [0.2, 0.25) is 0 Å². The second-order valence-corrected chi connectivity index (χ2v) is 5.63. The predicted molar refractivity (Wildman–Crippen MR) is 67.5 cm³/mol. The van der Waals surface area contributed by atoms with E-state index >= 15 is 0 Å². The van der Waals surface area contributed by atoms with Crippen molar-refractivity contribution in [3.8, 4) is 0 Å². The summed E-state index contributed by atoms with van der Waals surface area (Å²) >= 11 is 0. The molecule has 0 aliphatic carbocycles. The van der Waals surface area contributed by atoms with Crippen LogP contribution in [0, 0.1) is 5.92 Å². The average molecular weight is 215 g/mol. The lowest BCUT2D eigenvalue weighted by Gasteiger charge is -2.46. The number of fused-ring (bicyclic) bond motifs is 3. The molecule has 0 N–H and O–H groups in total. The molecular formula is C15H21N. The highest BCUT2D eigenvalue weighted by Gasteiger charge is 2.35. The third-order valence-corrected chi connectivity index (χ3v) is 4.39. The van der Waals surface area contributed by atoms with E-state index in [0.29, 0.717) is 6.04 Å². The molecular weight excluding hydrogens is 194 g/mol. The molecule has 0 aromatic heterocycles. The van der Waals surface area contributed by atoms with Crippen LogP contribution in [-0.2, 0) is 6.42 Å². The van der Waals surface area contributed by atoms with E-state index in [2.05, 4.69) is 43.0 Å². The highest BCUT2D eigenvalue weighted by molar-refractivity contribution is 5.33. The van der Waals surface area contributed by atoms with Gasteiger partial charge in [0.1, 0.15) is 0 Å². The molecule has 2 heterocycles. The van der Waals surface area contributed by atoms with Crippen molar-refractivity contribution in [1.29, 1.82) is 0 Å². The quantitative estimate of drug-likeness (QED) is 0.641. The lowest BCUT2D eigenvalue weighted by atomic mass is 9.80. The van der Waals surface area contributed by atoms with Crippen molar-refractivity contribution in [2.45, 2.75) is 45.2 Å². The summed E-state index contributed by atoms with van der Waals surface area (Å²) in [6.45, 7) is 6.07. The van der Waals surface area contributed by atoms with Crippen molar-refractivity contribution in [3.05, 3.63) is 35.4 Å². The molecule has 3 rings (SSSR count). The summed E-state index contributed by atoms with van der Waals surface area (Å²) in [5, 5.41) is 0. The van der Waals surface area contributed by atoms with Gasteiger partial charge in [0.05, 0.1) is 0 Å². The summed E-state index contributed by atoms with van der Waals surface area (Å²) in [4.78, 5) is 2.72. The lowest BCUT2D eigenvalue weighted by Crippen LogP contribution is -2.46. The SMILES string of the molecule is CC1CC(C)N2CCc3ccccc3C2C1. The van der Waals surface area contributed by atoms with Crippen molar-refractivity contribution in [2.24, 2.45) is 5.92 Å². The maximum absolute atomic E-state index is 2.72. The fourth-order valence-electron chi connectivity index (χ4n) is 3.66. The van der Waals surface area contributed by atoms with Crippen LogP contribution < -0.4 is 0 Å². The summed E-state index contributed by atoms with van der Waals surface area (Å²) in [7, 11) is 0.